The molecule has 3 heterocycles. The average Bonchev–Trinajstić information content (AvgIpc) is 3.33. The van der Waals surface area contributed by atoms with Gasteiger partial charge in [-0.2, -0.15) is 0 Å². The van der Waals surface area contributed by atoms with E-state index in [0.29, 0.717) is 12.1 Å². The van der Waals surface area contributed by atoms with Crippen molar-refractivity contribution in [3.8, 4) is 11.6 Å². The van der Waals surface area contributed by atoms with Gasteiger partial charge in [-0.25, -0.2) is 9.97 Å². The molecule has 1 aromatic carbocycles. The van der Waals surface area contributed by atoms with Gasteiger partial charge >= 0.3 is 0 Å². The Kier molecular flexibility index (Phi) is 4.62. The number of likely N-dealkylation sites (N-methyl/N-ethyl adjacent to an activating group) is 1. The fourth-order valence-electron chi connectivity index (χ4n) is 3.42. The minimum absolute atomic E-state index is 0.0124. The van der Waals surface area contributed by atoms with E-state index in [1.807, 2.05) is 41.1 Å². The maximum atomic E-state index is 12.7. The van der Waals surface area contributed by atoms with E-state index in [0.717, 1.165) is 30.2 Å². The van der Waals surface area contributed by atoms with Crippen LogP contribution in [0.4, 0.5) is 0 Å². The number of amides is 1. The van der Waals surface area contributed by atoms with Gasteiger partial charge in [-0.15, -0.1) is 0 Å². The third-order valence-electron chi connectivity index (χ3n) is 4.81. The van der Waals surface area contributed by atoms with E-state index in [-0.39, 0.29) is 12.0 Å². The quantitative estimate of drug-likeness (QED) is 0.700. The molecule has 1 aliphatic heterocycles. The summed E-state index contributed by atoms with van der Waals surface area (Å²) >= 11 is 0. The molecule has 1 atom stereocenters. The van der Waals surface area contributed by atoms with Crippen LogP contribution in [0.1, 0.15) is 28.7 Å². The lowest BCUT2D eigenvalue weighted by molar-refractivity contribution is 0.0730. The lowest BCUT2D eigenvalue weighted by Crippen LogP contribution is -2.36. The predicted molar refractivity (Wildman–Crippen MR) is 102 cm³/mol. The molecule has 1 amide bonds. The molecule has 1 aliphatic rings. The summed E-state index contributed by atoms with van der Waals surface area (Å²) in [7, 11) is 1.80. The van der Waals surface area contributed by atoms with Crippen molar-refractivity contribution in [3.05, 3.63) is 71.9 Å². The van der Waals surface area contributed by atoms with E-state index in [2.05, 4.69) is 23.0 Å². The molecule has 0 saturated heterocycles. The molecule has 0 aliphatic carbocycles. The number of rotatable bonds is 5. The van der Waals surface area contributed by atoms with Crippen LogP contribution in [0.3, 0.4) is 0 Å². The van der Waals surface area contributed by atoms with Crippen molar-refractivity contribution >= 4 is 5.91 Å². The zero-order valence-electron chi connectivity index (χ0n) is 15.5. The van der Waals surface area contributed by atoms with Crippen LogP contribution in [0.5, 0.6) is 5.75 Å². The van der Waals surface area contributed by atoms with Gasteiger partial charge in [-0.3, -0.25) is 9.36 Å². The molecule has 0 N–H and O–H groups in total. The second kappa shape index (κ2) is 7.23. The Bertz CT molecular complexity index is 924. The number of carbonyl (C=O) groups excluding carboxylic acids is 1. The number of hydrogen-bond donors (Lipinski definition) is 0. The molecular weight excluding hydrogens is 340 g/mol. The number of pyridine rings is 1. The first-order valence-corrected chi connectivity index (χ1v) is 9.14. The smallest absolute Gasteiger partial charge is 0.255 e. The molecule has 0 spiro atoms. The van der Waals surface area contributed by atoms with Crippen LogP contribution >= 0.6 is 0 Å². The lowest BCUT2D eigenvalue weighted by Gasteiger charge is -2.21. The first-order chi connectivity index (χ1) is 13.2. The second-order valence-electron chi connectivity index (χ2n) is 6.71. The Labute approximate surface area is 158 Å². The number of ether oxygens (including phenoxy) is 1. The van der Waals surface area contributed by atoms with E-state index in [4.69, 9.17) is 4.74 Å². The summed E-state index contributed by atoms with van der Waals surface area (Å²) in [5.41, 5.74) is 1.76. The molecule has 2 aromatic heterocycles. The normalized spacial score (nSPS) is 15.3. The number of imidazole rings is 1. The molecule has 6 heteroatoms. The monoisotopic (exact) mass is 362 g/mol. The SMILES string of the molecule is CCc1nccn1-c1ccc(C(=O)N(C)C[C@H]2Cc3ccccc3O2)cn1. The van der Waals surface area contributed by atoms with Gasteiger partial charge in [0, 0.05) is 38.5 Å². The zero-order valence-corrected chi connectivity index (χ0v) is 15.5. The van der Waals surface area contributed by atoms with Gasteiger partial charge in [0.2, 0.25) is 0 Å². The molecule has 0 fully saturated rings. The predicted octanol–water partition coefficient (Wildman–Crippen LogP) is 2.91. The van der Waals surface area contributed by atoms with E-state index in [1.54, 1.807) is 24.3 Å². The number of fused-ring (bicyclic) bond motifs is 1. The van der Waals surface area contributed by atoms with Gasteiger partial charge in [-0.1, -0.05) is 25.1 Å². The molecule has 3 aromatic rings. The summed E-state index contributed by atoms with van der Waals surface area (Å²) in [4.78, 5) is 23.2. The molecule has 138 valence electrons. The van der Waals surface area contributed by atoms with Gasteiger partial charge in [0.25, 0.3) is 5.91 Å². The molecular formula is C21H22N4O2. The minimum atomic E-state index is -0.0602. The Hall–Kier alpha value is -3.15. The Morgan fingerprint density at radius 3 is 2.85 bits per heavy atom. The number of nitrogens with zero attached hydrogens (tertiary/aromatic N) is 4. The summed E-state index contributed by atoms with van der Waals surface area (Å²) < 4.78 is 7.87. The highest BCUT2D eigenvalue weighted by Crippen LogP contribution is 2.28. The first-order valence-electron chi connectivity index (χ1n) is 9.14. The highest BCUT2D eigenvalue weighted by molar-refractivity contribution is 5.93. The topological polar surface area (TPSA) is 60.2 Å². The van der Waals surface area contributed by atoms with Crippen molar-refractivity contribution in [1.82, 2.24) is 19.4 Å². The number of aromatic nitrogens is 3. The van der Waals surface area contributed by atoms with Crippen molar-refractivity contribution < 1.29 is 9.53 Å². The fourth-order valence-corrected chi connectivity index (χ4v) is 3.42. The lowest BCUT2D eigenvalue weighted by atomic mass is 10.1. The Morgan fingerprint density at radius 2 is 2.11 bits per heavy atom. The summed E-state index contributed by atoms with van der Waals surface area (Å²) in [6, 6.07) is 11.7. The number of carbonyl (C=O) groups is 1. The number of benzene rings is 1. The van der Waals surface area contributed by atoms with Crippen LogP contribution in [0, 0.1) is 0 Å². The zero-order chi connectivity index (χ0) is 18.8. The molecule has 6 nitrogen and oxygen atoms in total. The van der Waals surface area contributed by atoms with Gasteiger partial charge in [0.1, 0.15) is 23.5 Å². The van der Waals surface area contributed by atoms with E-state index >= 15 is 0 Å². The second-order valence-corrected chi connectivity index (χ2v) is 6.71. The number of para-hydroxylation sites is 1. The summed E-state index contributed by atoms with van der Waals surface area (Å²) in [6.07, 6.45) is 6.89. The molecule has 0 unspecified atom stereocenters. The summed E-state index contributed by atoms with van der Waals surface area (Å²) in [6.45, 7) is 2.59. The van der Waals surface area contributed by atoms with Crippen LogP contribution < -0.4 is 4.74 Å². The third-order valence-corrected chi connectivity index (χ3v) is 4.81. The standard InChI is InChI=1S/C21H22N4O2/c1-3-19-22-10-11-25(19)20-9-8-16(13-23-20)21(26)24(2)14-17-12-15-6-4-5-7-18(15)27-17/h4-11,13,17H,3,12,14H2,1-2H3/t17-/m1/s1. The summed E-state index contributed by atoms with van der Waals surface area (Å²) in [5, 5.41) is 0. The van der Waals surface area contributed by atoms with Crippen LogP contribution in [0.2, 0.25) is 0 Å². The van der Waals surface area contributed by atoms with Crippen LogP contribution in [0.25, 0.3) is 5.82 Å². The molecule has 4 rings (SSSR count). The van der Waals surface area contributed by atoms with E-state index < -0.39 is 0 Å². The van der Waals surface area contributed by atoms with Gasteiger partial charge in [-0.05, 0) is 23.8 Å². The maximum absolute atomic E-state index is 12.7. The molecule has 0 bridgehead atoms. The van der Waals surface area contributed by atoms with Gasteiger partial charge in [0.05, 0.1) is 12.1 Å². The van der Waals surface area contributed by atoms with Crippen molar-refractivity contribution in [1.29, 1.82) is 0 Å². The van der Waals surface area contributed by atoms with Crippen LogP contribution in [-0.4, -0.2) is 45.0 Å². The first kappa shape index (κ1) is 17.3. The van der Waals surface area contributed by atoms with Gasteiger partial charge < -0.3 is 9.64 Å². The fraction of sp³-hybridized carbons (Fsp3) is 0.286. The summed E-state index contributed by atoms with van der Waals surface area (Å²) in [5.74, 6) is 2.56. The van der Waals surface area contributed by atoms with Gasteiger partial charge in [0.15, 0.2) is 0 Å². The third kappa shape index (κ3) is 3.43. The van der Waals surface area contributed by atoms with Crippen molar-refractivity contribution in [3.63, 3.8) is 0 Å². The maximum Gasteiger partial charge on any atom is 0.255 e. The van der Waals surface area contributed by atoms with Crippen molar-refractivity contribution in [2.24, 2.45) is 0 Å². The van der Waals surface area contributed by atoms with Crippen molar-refractivity contribution in [2.75, 3.05) is 13.6 Å². The largest absolute Gasteiger partial charge is 0.488 e. The molecule has 27 heavy (non-hydrogen) atoms. The Balaban J connectivity index is 1.42. The van der Waals surface area contributed by atoms with E-state index in [1.165, 1.54) is 5.56 Å². The number of hydrogen-bond acceptors (Lipinski definition) is 4. The Morgan fingerprint density at radius 1 is 1.26 bits per heavy atom. The molecule has 0 saturated carbocycles. The highest BCUT2D eigenvalue weighted by Gasteiger charge is 2.25. The molecule has 0 radical (unpaired) electrons. The highest BCUT2D eigenvalue weighted by atomic mass is 16.5. The minimum Gasteiger partial charge on any atom is -0.488 e. The van der Waals surface area contributed by atoms with Crippen molar-refractivity contribution in [2.45, 2.75) is 25.9 Å². The number of aryl methyl sites for hydroxylation is 1. The van der Waals surface area contributed by atoms with Crippen LogP contribution in [0.15, 0.2) is 55.0 Å². The van der Waals surface area contributed by atoms with Crippen LogP contribution in [-0.2, 0) is 12.8 Å². The average molecular weight is 362 g/mol. The van der Waals surface area contributed by atoms with E-state index in [9.17, 15) is 4.79 Å².